The van der Waals surface area contributed by atoms with Crippen molar-refractivity contribution in [3.05, 3.63) is 0 Å². The van der Waals surface area contributed by atoms with E-state index in [0.717, 1.165) is 23.8 Å². The second kappa shape index (κ2) is 4.79. The Balaban J connectivity index is 1.49. The van der Waals surface area contributed by atoms with Gasteiger partial charge in [-0.1, -0.05) is 6.42 Å². The average Bonchev–Trinajstić information content (AvgIpc) is 2.74. The van der Waals surface area contributed by atoms with E-state index in [1.807, 2.05) is 0 Å². The molecule has 2 heteroatoms. The third-order valence-electron chi connectivity index (χ3n) is 5.50. The van der Waals surface area contributed by atoms with E-state index in [1.165, 1.54) is 51.7 Å². The lowest BCUT2D eigenvalue weighted by Gasteiger charge is -2.44. The Bertz CT molecular complexity index is 282. The lowest BCUT2D eigenvalue weighted by molar-refractivity contribution is 0.0712. The fraction of sp³-hybridized carbons (Fsp3) is 1.00. The SMILES string of the molecule is CC(C)(C)NCC1CCC1N1CC2CCCC2C1. The molecule has 0 spiro atoms. The van der Waals surface area contributed by atoms with E-state index >= 15 is 0 Å². The summed E-state index contributed by atoms with van der Waals surface area (Å²) in [7, 11) is 0. The topological polar surface area (TPSA) is 15.3 Å². The molecule has 2 aliphatic carbocycles. The summed E-state index contributed by atoms with van der Waals surface area (Å²) in [6, 6.07) is 0.908. The number of hydrogen-bond donors (Lipinski definition) is 1. The summed E-state index contributed by atoms with van der Waals surface area (Å²) in [5, 5.41) is 3.70. The van der Waals surface area contributed by atoms with Gasteiger partial charge < -0.3 is 5.32 Å². The monoisotopic (exact) mass is 250 g/mol. The van der Waals surface area contributed by atoms with Crippen LogP contribution in [-0.4, -0.2) is 36.1 Å². The van der Waals surface area contributed by atoms with E-state index < -0.39 is 0 Å². The van der Waals surface area contributed by atoms with Crippen molar-refractivity contribution in [1.29, 1.82) is 0 Å². The van der Waals surface area contributed by atoms with Gasteiger partial charge in [-0.3, -0.25) is 4.90 Å². The van der Waals surface area contributed by atoms with Gasteiger partial charge in [-0.2, -0.15) is 0 Å². The van der Waals surface area contributed by atoms with Gasteiger partial charge in [-0.05, 0) is 70.8 Å². The standard InChI is InChI=1S/C16H30N2/c1-16(2,3)17-9-12-7-8-15(12)18-10-13-5-4-6-14(13)11-18/h12-15,17H,4-11H2,1-3H3. The molecule has 0 radical (unpaired) electrons. The number of nitrogens with zero attached hydrogens (tertiary/aromatic N) is 1. The van der Waals surface area contributed by atoms with E-state index in [-0.39, 0.29) is 5.54 Å². The van der Waals surface area contributed by atoms with Crippen molar-refractivity contribution in [2.24, 2.45) is 17.8 Å². The molecule has 3 fully saturated rings. The molecular weight excluding hydrogens is 220 g/mol. The van der Waals surface area contributed by atoms with Crippen LogP contribution in [0, 0.1) is 17.8 Å². The quantitative estimate of drug-likeness (QED) is 0.828. The van der Waals surface area contributed by atoms with E-state index in [1.54, 1.807) is 0 Å². The van der Waals surface area contributed by atoms with Gasteiger partial charge in [-0.25, -0.2) is 0 Å². The lowest BCUT2D eigenvalue weighted by atomic mass is 9.78. The molecule has 4 unspecified atom stereocenters. The van der Waals surface area contributed by atoms with Crippen LogP contribution in [0.1, 0.15) is 52.9 Å². The van der Waals surface area contributed by atoms with Crippen molar-refractivity contribution < 1.29 is 0 Å². The van der Waals surface area contributed by atoms with E-state index in [4.69, 9.17) is 0 Å². The van der Waals surface area contributed by atoms with Crippen LogP contribution < -0.4 is 5.32 Å². The minimum absolute atomic E-state index is 0.279. The normalized spacial score (nSPS) is 40.8. The van der Waals surface area contributed by atoms with Gasteiger partial charge in [0.15, 0.2) is 0 Å². The zero-order valence-electron chi connectivity index (χ0n) is 12.4. The summed E-state index contributed by atoms with van der Waals surface area (Å²) in [6.07, 6.45) is 7.43. The molecule has 4 atom stereocenters. The Labute approximate surface area is 113 Å². The van der Waals surface area contributed by atoms with Crippen LogP contribution in [0.3, 0.4) is 0 Å². The van der Waals surface area contributed by atoms with Crippen LogP contribution in [0.25, 0.3) is 0 Å². The summed E-state index contributed by atoms with van der Waals surface area (Å²) >= 11 is 0. The van der Waals surface area contributed by atoms with Gasteiger partial charge in [0, 0.05) is 24.7 Å². The lowest BCUT2D eigenvalue weighted by Crippen LogP contribution is -2.52. The Morgan fingerprint density at radius 1 is 1.00 bits per heavy atom. The van der Waals surface area contributed by atoms with Crippen molar-refractivity contribution in [3.8, 4) is 0 Å². The van der Waals surface area contributed by atoms with Crippen LogP contribution in [0.5, 0.6) is 0 Å². The first-order valence-electron chi connectivity index (χ1n) is 8.02. The van der Waals surface area contributed by atoms with Gasteiger partial charge >= 0.3 is 0 Å². The highest BCUT2D eigenvalue weighted by Crippen LogP contribution is 2.42. The number of hydrogen-bond acceptors (Lipinski definition) is 2. The van der Waals surface area contributed by atoms with Crippen molar-refractivity contribution >= 4 is 0 Å². The molecule has 0 aromatic heterocycles. The van der Waals surface area contributed by atoms with Crippen molar-refractivity contribution in [2.75, 3.05) is 19.6 Å². The first-order valence-corrected chi connectivity index (χ1v) is 8.02. The van der Waals surface area contributed by atoms with E-state index in [9.17, 15) is 0 Å². The van der Waals surface area contributed by atoms with E-state index in [2.05, 4.69) is 31.0 Å². The summed E-state index contributed by atoms with van der Waals surface area (Å²) in [5.41, 5.74) is 0.279. The highest BCUT2D eigenvalue weighted by atomic mass is 15.2. The minimum atomic E-state index is 0.279. The maximum Gasteiger partial charge on any atom is 0.0136 e. The molecule has 0 aromatic rings. The Hall–Kier alpha value is -0.0800. The van der Waals surface area contributed by atoms with Crippen LogP contribution >= 0.6 is 0 Å². The van der Waals surface area contributed by atoms with Gasteiger partial charge in [0.2, 0.25) is 0 Å². The predicted molar refractivity (Wildman–Crippen MR) is 76.7 cm³/mol. The fourth-order valence-corrected chi connectivity index (χ4v) is 4.25. The molecule has 1 heterocycles. The number of nitrogens with one attached hydrogen (secondary N) is 1. The number of likely N-dealkylation sites (tertiary alicyclic amines) is 1. The second-order valence-electron chi connectivity index (χ2n) is 7.94. The third-order valence-corrected chi connectivity index (χ3v) is 5.50. The predicted octanol–water partition coefficient (Wildman–Crippen LogP) is 2.89. The summed E-state index contributed by atoms with van der Waals surface area (Å²) in [5.74, 6) is 3.03. The molecule has 3 rings (SSSR count). The maximum absolute atomic E-state index is 3.70. The van der Waals surface area contributed by atoms with Gasteiger partial charge in [-0.15, -0.1) is 0 Å². The zero-order chi connectivity index (χ0) is 12.8. The second-order valence-corrected chi connectivity index (χ2v) is 7.94. The molecule has 0 aromatic carbocycles. The van der Waals surface area contributed by atoms with Crippen LogP contribution in [0.15, 0.2) is 0 Å². The van der Waals surface area contributed by atoms with Crippen molar-refractivity contribution in [2.45, 2.75) is 64.5 Å². The maximum atomic E-state index is 3.70. The average molecular weight is 250 g/mol. The number of fused-ring (bicyclic) bond motifs is 1. The minimum Gasteiger partial charge on any atom is -0.312 e. The molecule has 1 N–H and O–H groups in total. The van der Waals surface area contributed by atoms with Crippen LogP contribution in [-0.2, 0) is 0 Å². The first-order chi connectivity index (χ1) is 8.53. The van der Waals surface area contributed by atoms with Gasteiger partial charge in [0.25, 0.3) is 0 Å². The molecular formula is C16H30N2. The molecule has 0 bridgehead atoms. The Morgan fingerprint density at radius 2 is 1.67 bits per heavy atom. The molecule has 2 saturated carbocycles. The number of rotatable bonds is 3. The zero-order valence-corrected chi connectivity index (χ0v) is 12.4. The smallest absolute Gasteiger partial charge is 0.0136 e. The van der Waals surface area contributed by atoms with Gasteiger partial charge in [0.05, 0.1) is 0 Å². The first kappa shape index (κ1) is 12.9. The van der Waals surface area contributed by atoms with Gasteiger partial charge in [0.1, 0.15) is 0 Å². The largest absolute Gasteiger partial charge is 0.312 e. The third kappa shape index (κ3) is 2.60. The summed E-state index contributed by atoms with van der Waals surface area (Å²) in [4.78, 5) is 2.84. The molecule has 0 amide bonds. The molecule has 2 nitrogen and oxygen atoms in total. The van der Waals surface area contributed by atoms with Crippen molar-refractivity contribution in [1.82, 2.24) is 10.2 Å². The highest BCUT2D eigenvalue weighted by molar-refractivity contribution is 4.97. The highest BCUT2D eigenvalue weighted by Gasteiger charge is 2.43. The summed E-state index contributed by atoms with van der Waals surface area (Å²) < 4.78 is 0. The fourth-order valence-electron chi connectivity index (χ4n) is 4.25. The van der Waals surface area contributed by atoms with Crippen LogP contribution in [0.2, 0.25) is 0 Å². The molecule has 104 valence electrons. The Morgan fingerprint density at radius 3 is 2.17 bits per heavy atom. The molecule has 1 aliphatic heterocycles. The molecule has 1 saturated heterocycles. The molecule has 18 heavy (non-hydrogen) atoms. The van der Waals surface area contributed by atoms with Crippen LogP contribution in [0.4, 0.5) is 0 Å². The summed E-state index contributed by atoms with van der Waals surface area (Å²) in [6.45, 7) is 10.9. The van der Waals surface area contributed by atoms with Crippen molar-refractivity contribution in [3.63, 3.8) is 0 Å². The van der Waals surface area contributed by atoms with E-state index in [0.29, 0.717) is 0 Å². The molecule has 3 aliphatic rings. The Kier molecular flexibility index (Phi) is 3.44.